The molecule has 7 heteroatoms. The number of nitrogens with zero attached hydrogens (tertiary/aromatic N) is 4. The first-order valence-electron chi connectivity index (χ1n) is 5.00. The summed E-state index contributed by atoms with van der Waals surface area (Å²) in [6.45, 7) is 2.33. The van der Waals surface area contributed by atoms with Gasteiger partial charge in [-0.25, -0.2) is 4.68 Å². The largest absolute Gasteiger partial charge is 0.463 e. The van der Waals surface area contributed by atoms with Gasteiger partial charge in [0.25, 0.3) is 5.69 Å². The predicted molar refractivity (Wildman–Crippen MR) is 59.2 cm³/mol. The van der Waals surface area contributed by atoms with Crippen molar-refractivity contribution < 1.29 is 9.66 Å². The highest BCUT2D eigenvalue weighted by molar-refractivity contribution is 5.40. The normalized spacial score (nSPS) is 10.2. The first-order valence-corrected chi connectivity index (χ1v) is 5.00. The summed E-state index contributed by atoms with van der Waals surface area (Å²) in [6, 6.07) is 6.31. The van der Waals surface area contributed by atoms with Crippen LogP contribution in [0.25, 0.3) is 5.69 Å². The van der Waals surface area contributed by atoms with E-state index in [1.54, 1.807) is 12.1 Å². The number of rotatable bonds is 4. The molecule has 1 aromatic carbocycles. The molecule has 0 aliphatic heterocycles. The topological polar surface area (TPSA) is 83.1 Å². The fraction of sp³-hybridized carbons (Fsp3) is 0.200. The van der Waals surface area contributed by atoms with E-state index >= 15 is 0 Å². The molecule has 7 nitrogen and oxygen atoms in total. The molecule has 0 saturated heterocycles. The van der Waals surface area contributed by atoms with Crippen LogP contribution in [0.4, 0.5) is 5.69 Å². The summed E-state index contributed by atoms with van der Waals surface area (Å²) < 4.78 is 6.61. The Balaban J connectivity index is 2.23. The average Bonchev–Trinajstić information content (AvgIpc) is 2.78. The van der Waals surface area contributed by atoms with Crippen molar-refractivity contribution in [1.82, 2.24) is 14.8 Å². The summed E-state index contributed by atoms with van der Waals surface area (Å²) in [5.74, 6) is 0. The number of aromatic nitrogens is 3. The van der Waals surface area contributed by atoms with Crippen molar-refractivity contribution in [3.63, 3.8) is 0 Å². The quantitative estimate of drug-likeness (QED) is 0.592. The van der Waals surface area contributed by atoms with Crippen LogP contribution in [0.2, 0.25) is 0 Å². The summed E-state index contributed by atoms with van der Waals surface area (Å²) in [4.78, 5) is 14.0. The molecule has 2 aromatic rings. The zero-order valence-electron chi connectivity index (χ0n) is 9.11. The Bertz CT molecular complexity index is 521. The molecule has 17 heavy (non-hydrogen) atoms. The van der Waals surface area contributed by atoms with Crippen molar-refractivity contribution in [2.45, 2.75) is 6.92 Å². The van der Waals surface area contributed by atoms with Crippen molar-refractivity contribution in [2.24, 2.45) is 0 Å². The van der Waals surface area contributed by atoms with Crippen molar-refractivity contribution in [2.75, 3.05) is 6.61 Å². The van der Waals surface area contributed by atoms with Gasteiger partial charge in [-0.15, -0.1) is 5.10 Å². The second kappa shape index (κ2) is 4.60. The van der Waals surface area contributed by atoms with Gasteiger partial charge in [0, 0.05) is 12.1 Å². The number of non-ortho nitro benzene ring substituents is 1. The third kappa shape index (κ3) is 2.39. The van der Waals surface area contributed by atoms with Crippen LogP contribution in [0.15, 0.2) is 30.6 Å². The third-order valence-electron chi connectivity index (χ3n) is 2.07. The van der Waals surface area contributed by atoms with Gasteiger partial charge < -0.3 is 4.74 Å². The van der Waals surface area contributed by atoms with E-state index in [9.17, 15) is 10.1 Å². The summed E-state index contributed by atoms with van der Waals surface area (Å²) in [6.07, 6.45) is 1.49. The van der Waals surface area contributed by atoms with Crippen LogP contribution in [-0.4, -0.2) is 26.3 Å². The minimum atomic E-state index is -0.448. The SMILES string of the molecule is CCOc1ncn(-c2ccc([N+](=O)[O-])cc2)n1. The number of nitro benzene ring substituents is 1. The lowest BCUT2D eigenvalue weighted by Gasteiger charge is -1.99. The summed E-state index contributed by atoms with van der Waals surface area (Å²) in [5, 5.41) is 14.5. The van der Waals surface area contributed by atoms with Gasteiger partial charge in [-0.2, -0.15) is 4.98 Å². The van der Waals surface area contributed by atoms with Gasteiger partial charge in [0.05, 0.1) is 17.2 Å². The zero-order chi connectivity index (χ0) is 12.3. The molecule has 0 amide bonds. The lowest BCUT2D eigenvalue weighted by atomic mass is 10.3. The smallest absolute Gasteiger partial charge is 0.335 e. The highest BCUT2D eigenvalue weighted by atomic mass is 16.6. The van der Waals surface area contributed by atoms with Crippen molar-refractivity contribution in [1.29, 1.82) is 0 Å². The maximum atomic E-state index is 10.5. The highest BCUT2D eigenvalue weighted by Gasteiger charge is 2.06. The maximum absolute atomic E-state index is 10.5. The van der Waals surface area contributed by atoms with Crippen LogP contribution < -0.4 is 4.74 Å². The number of hydrogen-bond acceptors (Lipinski definition) is 5. The fourth-order valence-corrected chi connectivity index (χ4v) is 1.29. The molecule has 0 N–H and O–H groups in total. The Morgan fingerprint density at radius 1 is 1.41 bits per heavy atom. The molecule has 0 aliphatic rings. The Morgan fingerprint density at radius 3 is 2.71 bits per heavy atom. The van der Waals surface area contributed by atoms with E-state index in [0.29, 0.717) is 12.3 Å². The number of nitro groups is 1. The molecule has 1 heterocycles. The molecule has 0 bridgehead atoms. The second-order valence-corrected chi connectivity index (χ2v) is 3.18. The lowest BCUT2D eigenvalue weighted by Crippen LogP contribution is -1.97. The second-order valence-electron chi connectivity index (χ2n) is 3.18. The Hall–Kier alpha value is -2.44. The van der Waals surface area contributed by atoms with E-state index in [1.807, 2.05) is 6.92 Å². The van der Waals surface area contributed by atoms with E-state index in [2.05, 4.69) is 10.1 Å². The van der Waals surface area contributed by atoms with Gasteiger partial charge in [0.1, 0.15) is 6.33 Å². The van der Waals surface area contributed by atoms with Crippen LogP contribution in [-0.2, 0) is 0 Å². The predicted octanol–water partition coefficient (Wildman–Crippen LogP) is 1.57. The lowest BCUT2D eigenvalue weighted by molar-refractivity contribution is -0.384. The van der Waals surface area contributed by atoms with Crippen LogP contribution in [0, 0.1) is 10.1 Å². The molecule has 2 rings (SSSR count). The van der Waals surface area contributed by atoms with E-state index in [-0.39, 0.29) is 11.7 Å². The van der Waals surface area contributed by atoms with Crippen molar-refractivity contribution in [3.05, 3.63) is 40.7 Å². The maximum Gasteiger partial charge on any atom is 0.335 e. The molecule has 0 aliphatic carbocycles. The summed E-state index contributed by atoms with van der Waals surface area (Å²) in [7, 11) is 0. The molecule has 0 saturated carbocycles. The monoisotopic (exact) mass is 234 g/mol. The molecule has 88 valence electrons. The number of benzene rings is 1. The van der Waals surface area contributed by atoms with Crippen molar-refractivity contribution >= 4 is 5.69 Å². The van der Waals surface area contributed by atoms with Gasteiger partial charge in [0.2, 0.25) is 0 Å². The first-order chi connectivity index (χ1) is 8.20. The molecular weight excluding hydrogens is 224 g/mol. The van der Waals surface area contributed by atoms with E-state index in [1.165, 1.54) is 23.1 Å². The molecule has 1 aromatic heterocycles. The summed E-state index contributed by atoms with van der Waals surface area (Å²) in [5.41, 5.74) is 0.730. The van der Waals surface area contributed by atoms with Crippen LogP contribution >= 0.6 is 0 Å². The minimum Gasteiger partial charge on any atom is -0.463 e. The zero-order valence-corrected chi connectivity index (χ0v) is 9.11. The van der Waals surface area contributed by atoms with E-state index < -0.39 is 4.92 Å². The number of hydrogen-bond donors (Lipinski definition) is 0. The van der Waals surface area contributed by atoms with Gasteiger partial charge in [-0.3, -0.25) is 10.1 Å². The standard InChI is InChI=1S/C10H10N4O3/c1-2-17-10-11-7-13(12-10)8-3-5-9(6-4-8)14(15)16/h3-7H,2H2,1H3. The van der Waals surface area contributed by atoms with Crippen LogP contribution in [0.5, 0.6) is 6.01 Å². The summed E-state index contributed by atoms with van der Waals surface area (Å²) >= 11 is 0. The first kappa shape index (κ1) is 11.1. The Morgan fingerprint density at radius 2 is 2.12 bits per heavy atom. The van der Waals surface area contributed by atoms with Gasteiger partial charge in [-0.1, -0.05) is 0 Å². The Kier molecular flexibility index (Phi) is 2.99. The molecule has 0 spiro atoms. The van der Waals surface area contributed by atoms with Gasteiger partial charge in [0.15, 0.2) is 0 Å². The minimum absolute atomic E-state index is 0.0406. The highest BCUT2D eigenvalue weighted by Crippen LogP contribution is 2.15. The van der Waals surface area contributed by atoms with E-state index in [0.717, 1.165) is 0 Å². The van der Waals surface area contributed by atoms with Crippen molar-refractivity contribution in [3.8, 4) is 11.7 Å². The van der Waals surface area contributed by atoms with Gasteiger partial charge >= 0.3 is 6.01 Å². The molecule has 0 radical (unpaired) electrons. The Labute approximate surface area is 96.8 Å². The van der Waals surface area contributed by atoms with Gasteiger partial charge in [-0.05, 0) is 19.1 Å². The number of ether oxygens (including phenoxy) is 1. The van der Waals surface area contributed by atoms with E-state index in [4.69, 9.17) is 4.74 Å². The van der Waals surface area contributed by atoms with Crippen LogP contribution in [0.1, 0.15) is 6.92 Å². The average molecular weight is 234 g/mol. The fourth-order valence-electron chi connectivity index (χ4n) is 1.29. The molecule has 0 unspecified atom stereocenters. The molecule has 0 fully saturated rings. The molecule has 0 atom stereocenters. The third-order valence-corrected chi connectivity index (χ3v) is 2.07. The van der Waals surface area contributed by atoms with Crippen LogP contribution in [0.3, 0.4) is 0 Å². The molecular formula is C10H10N4O3.